The maximum Gasteiger partial charge on any atom is 0.206 e. The molecule has 0 radical (unpaired) electrons. The summed E-state index contributed by atoms with van der Waals surface area (Å²) in [7, 11) is 57.4. The van der Waals surface area contributed by atoms with Gasteiger partial charge in [-0.15, -0.1) is 0 Å². The molecule has 0 aromatic carbocycles. The Hall–Kier alpha value is -0.400. The number of rotatable bonds is 8. The Morgan fingerprint density at radius 1 is 0.311 bits per heavy atom. The predicted octanol–water partition coefficient (Wildman–Crippen LogP) is 3.89. The van der Waals surface area contributed by atoms with Gasteiger partial charge in [0, 0.05) is 6.67 Å². The van der Waals surface area contributed by atoms with Gasteiger partial charge in [0.1, 0.15) is 13.3 Å². The number of hydrogen-bond donors (Lipinski definition) is 0. The minimum atomic E-state index is 0. The molecule has 10 nitrogen and oxygen atoms in total. The number of quaternary nitrogens is 5. The summed E-state index contributed by atoms with van der Waals surface area (Å²) in [5.41, 5.74) is 0. The first-order valence-corrected chi connectivity index (χ1v) is 14.6. The van der Waals surface area contributed by atoms with Crippen molar-refractivity contribution in [1.82, 2.24) is 24.5 Å². The minimum absolute atomic E-state index is 0. The molecule has 0 rings (SSSR count). The van der Waals surface area contributed by atoms with Crippen LogP contribution in [0, 0.1) is 0 Å². The van der Waals surface area contributed by atoms with E-state index in [4.69, 9.17) is 0 Å². The first-order valence-electron chi connectivity index (χ1n) is 14.6. The van der Waals surface area contributed by atoms with E-state index in [0.29, 0.717) is 0 Å². The molecule has 0 spiro atoms. The Morgan fingerprint density at radius 3 is 0.467 bits per heavy atom. The van der Waals surface area contributed by atoms with Gasteiger partial charge in [-0.1, -0.05) is 29.7 Å². The van der Waals surface area contributed by atoms with Gasteiger partial charge in [0.25, 0.3) is 0 Å². The van der Waals surface area contributed by atoms with E-state index >= 15 is 0 Å². The number of hydrogen-bond acceptors (Lipinski definition) is 5. The van der Waals surface area contributed by atoms with E-state index in [-0.39, 0.29) is 29.7 Å². The third-order valence-corrected chi connectivity index (χ3v) is 2.83. The summed E-state index contributed by atoms with van der Waals surface area (Å²) in [4.78, 5) is 10.6. The topological polar surface area (TPSA) is 16.2 Å². The summed E-state index contributed by atoms with van der Waals surface area (Å²) in [6, 6.07) is 0. The lowest BCUT2D eigenvalue weighted by molar-refractivity contribution is -1.05. The Bertz CT molecular complexity index is 480. The fourth-order valence-corrected chi connectivity index (χ4v) is 3.54. The molecule has 45 heavy (non-hydrogen) atoms. The first-order chi connectivity index (χ1) is 17.4. The Kier molecular flexibility index (Phi) is 52.7. The summed E-state index contributed by atoms with van der Waals surface area (Å²) in [6.45, 7) is 4.39. The van der Waals surface area contributed by atoms with E-state index < -0.39 is 0 Å². The summed E-state index contributed by atoms with van der Waals surface area (Å²) < 4.78 is 5.08. The standard InChI is InChI=1S/C7H20N2.2C6H17N2.C5H14N2.C4H12N.C3H9N.4CH4/c1-8(2,3)7-9(4,5)6;2*1-7(2)6-8(3,4)5;1-6(2)5-7(3)4;1-5(2,3)4;1-4(2)3;;;;/h7H2,1-6H3;2*6H2,1-5H3;5H2,1-4H3;1-4H3;1-3H3;4*1H4/q+2;2*+1;;+1;;;;;. The van der Waals surface area contributed by atoms with Crippen LogP contribution in [0.5, 0.6) is 0 Å². The van der Waals surface area contributed by atoms with Crippen LogP contribution in [0.4, 0.5) is 0 Å². The molecular formula is C35H105N10+5. The predicted molar refractivity (Wildman–Crippen MR) is 217 cm³/mol. The zero-order valence-electron chi connectivity index (χ0n) is 34.3. The summed E-state index contributed by atoms with van der Waals surface area (Å²) >= 11 is 0. The summed E-state index contributed by atoms with van der Waals surface area (Å²) in [5.74, 6) is 0. The molecule has 0 amide bonds. The molecule has 0 aromatic rings. The molecule has 0 atom stereocenters. The normalized spacial score (nSPS) is 11.2. The quantitative estimate of drug-likeness (QED) is 0.288. The third kappa shape index (κ3) is 196. The van der Waals surface area contributed by atoms with Gasteiger partial charge in [0.2, 0.25) is 6.67 Å². The molecule has 0 N–H and O–H groups in total. The maximum atomic E-state index is 2.21. The van der Waals surface area contributed by atoms with E-state index in [9.17, 15) is 0 Å². The molecule has 0 saturated carbocycles. The van der Waals surface area contributed by atoms with Crippen LogP contribution in [0.3, 0.4) is 0 Å². The van der Waals surface area contributed by atoms with Crippen molar-refractivity contribution >= 4 is 0 Å². The van der Waals surface area contributed by atoms with Crippen LogP contribution >= 0.6 is 0 Å². The van der Waals surface area contributed by atoms with Gasteiger partial charge < -0.3 is 18.3 Å². The van der Waals surface area contributed by atoms with Crippen LogP contribution in [0.15, 0.2) is 0 Å². The highest BCUT2D eigenvalue weighted by molar-refractivity contribution is 4.35. The lowest BCUT2D eigenvalue weighted by atomic mass is 10.6. The van der Waals surface area contributed by atoms with Crippen LogP contribution in [0.25, 0.3) is 0 Å². The summed E-state index contributed by atoms with van der Waals surface area (Å²) in [6.07, 6.45) is 0. The zero-order valence-corrected chi connectivity index (χ0v) is 34.3. The van der Waals surface area contributed by atoms with Gasteiger partial charge >= 0.3 is 0 Å². The lowest BCUT2D eigenvalue weighted by Gasteiger charge is -2.32. The van der Waals surface area contributed by atoms with Crippen molar-refractivity contribution in [3.05, 3.63) is 0 Å². The molecule has 0 heterocycles. The van der Waals surface area contributed by atoms with Crippen LogP contribution < -0.4 is 0 Å². The van der Waals surface area contributed by atoms with Gasteiger partial charge in [-0.25, -0.2) is 0 Å². The van der Waals surface area contributed by atoms with Crippen LogP contribution in [0.2, 0.25) is 0 Å². The van der Waals surface area contributed by atoms with Crippen molar-refractivity contribution in [3.63, 3.8) is 0 Å². The van der Waals surface area contributed by atoms with Crippen LogP contribution in [0.1, 0.15) is 29.7 Å². The third-order valence-electron chi connectivity index (χ3n) is 2.83. The van der Waals surface area contributed by atoms with E-state index in [1.807, 2.05) is 26.0 Å². The zero-order chi connectivity index (χ0) is 35.2. The molecule has 0 bridgehead atoms. The smallest absolute Gasteiger partial charge is 0.206 e. The average Bonchev–Trinajstić information content (AvgIpc) is 2.43. The van der Waals surface area contributed by atoms with Crippen LogP contribution in [-0.4, -0.2) is 264 Å². The molecule has 0 aliphatic rings. The highest BCUT2D eigenvalue weighted by atomic mass is 15.5. The fourth-order valence-electron chi connectivity index (χ4n) is 3.54. The average molecular weight is 666 g/mol. The van der Waals surface area contributed by atoms with Crippen molar-refractivity contribution in [2.75, 3.05) is 217 Å². The van der Waals surface area contributed by atoms with Crippen molar-refractivity contribution in [1.29, 1.82) is 0 Å². The fraction of sp³-hybridized carbons (Fsp3) is 1.00. The Morgan fingerprint density at radius 2 is 0.467 bits per heavy atom. The van der Waals surface area contributed by atoms with Gasteiger partial charge in [-0.05, 0) is 77.5 Å². The SMILES string of the molecule is C.C.C.C.CN(C)C.CN(C)CN(C)C.CN(C)C[N+](C)(C)C.CN(C)C[N+](C)(C)C.C[N+](C)(C)C.C[N+](C)(C)C[N+](C)(C)C. The second-order valence-corrected chi connectivity index (χ2v) is 18.1. The Balaban J connectivity index is -0.0000000408. The second-order valence-electron chi connectivity index (χ2n) is 18.1. The molecule has 0 fully saturated rings. The van der Waals surface area contributed by atoms with Crippen molar-refractivity contribution < 1.29 is 22.4 Å². The molecule has 0 aliphatic heterocycles. The van der Waals surface area contributed by atoms with Gasteiger partial charge in [-0.2, -0.15) is 0 Å². The highest BCUT2D eigenvalue weighted by Gasteiger charge is 2.17. The van der Waals surface area contributed by atoms with Crippen molar-refractivity contribution in [2.45, 2.75) is 29.7 Å². The Labute approximate surface area is 293 Å². The molecule has 0 unspecified atom stereocenters. The maximum absolute atomic E-state index is 2.21. The molecule has 0 aromatic heterocycles. The van der Waals surface area contributed by atoms with E-state index in [2.05, 4.69) is 189 Å². The largest absolute Gasteiger partial charge is 0.333 e. The van der Waals surface area contributed by atoms with Crippen molar-refractivity contribution in [3.8, 4) is 0 Å². The molecular weight excluding hydrogens is 560 g/mol. The molecule has 10 heteroatoms. The van der Waals surface area contributed by atoms with Gasteiger partial charge in [0.05, 0.1) is 113 Å². The number of nitrogens with zero attached hydrogens (tertiary/aromatic N) is 10. The van der Waals surface area contributed by atoms with Gasteiger partial charge in [0.15, 0.2) is 0 Å². The van der Waals surface area contributed by atoms with Crippen molar-refractivity contribution in [2.24, 2.45) is 0 Å². The van der Waals surface area contributed by atoms with Crippen LogP contribution in [-0.2, 0) is 0 Å². The first kappa shape index (κ1) is 70.8. The van der Waals surface area contributed by atoms with Gasteiger partial charge in [-0.3, -0.25) is 28.6 Å². The molecule has 0 aliphatic carbocycles. The second kappa shape index (κ2) is 33.5. The van der Waals surface area contributed by atoms with E-state index in [0.717, 1.165) is 42.4 Å². The highest BCUT2D eigenvalue weighted by Crippen LogP contribution is 1.97. The monoisotopic (exact) mass is 666 g/mol. The van der Waals surface area contributed by atoms with E-state index in [1.54, 1.807) is 0 Å². The van der Waals surface area contributed by atoms with E-state index in [1.165, 1.54) is 6.67 Å². The molecule has 0 saturated heterocycles. The summed E-state index contributed by atoms with van der Waals surface area (Å²) in [5, 5.41) is 0. The molecule has 290 valence electrons. The lowest BCUT2D eigenvalue weighted by Crippen LogP contribution is -2.51. The minimum Gasteiger partial charge on any atom is -0.333 e.